The van der Waals surface area contributed by atoms with Crippen LogP contribution in [0.1, 0.15) is 5.82 Å². The fourth-order valence-electron chi connectivity index (χ4n) is 0.268. The molecule has 0 saturated heterocycles. The second-order valence-corrected chi connectivity index (χ2v) is 1.13. The Labute approximate surface area is 75.6 Å². The average molecular weight is 233 g/mol. The standard InChI is InChI=1S/C4H4N3.La/c1-4-6-2-5-3-7-4;/h2H,1H3;/q-1;+3. The summed E-state index contributed by atoms with van der Waals surface area (Å²) in [6, 6.07) is 0. The molecule has 0 aliphatic rings. The average Bonchev–Trinajstić information content (AvgIpc) is 1.69. The number of aryl methyl sites for hydroxylation is 1. The molecular formula is C4H4LaN3+2. The summed E-state index contributed by atoms with van der Waals surface area (Å²) in [4.78, 5) is 10.9. The Hall–Kier alpha value is 0.205. The first-order valence-corrected chi connectivity index (χ1v) is 1.91. The second kappa shape index (κ2) is 4.12. The molecule has 0 aromatic carbocycles. The SMILES string of the molecule is Cc1n[c-]ncn1.[La+3]. The first kappa shape index (κ1) is 8.20. The van der Waals surface area contributed by atoms with Gasteiger partial charge in [0.05, 0.1) is 0 Å². The van der Waals surface area contributed by atoms with Gasteiger partial charge in [-0.05, 0) is 0 Å². The van der Waals surface area contributed by atoms with Crippen molar-refractivity contribution >= 4 is 0 Å². The number of aromatic nitrogens is 3. The van der Waals surface area contributed by atoms with Gasteiger partial charge < -0.3 is 15.0 Å². The van der Waals surface area contributed by atoms with Gasteiger partial charge in [-0.2, -0.15) is 0 Å². The van der Waals surface area contributed by atoms with E-state index < -0.39 is 0 Å². The van der Waals surface area contributed by atoms with Crippen LogP contribution in [0.15, 0.2) is 6.33 Å². The van der Waals surface area contributed by atoms with E-state index in [-0.39, 0.29) is 35.6 Å². The van der Waals surface area contributed by atoms with Crippen molar-refractivity contribution in [3.63, 3.8) is 0 Å². The Balaban J connectivity index is 0.000000490. The zero-order valence-electron chi connectivity index (χ0n) is 4.50. The van der Waals surface area contributed by atoms with Crippen LogP contribution >= 0.6 is 0 Å². The van der Waals surface area contributed by atoms with E-state index in [9.17, 15) is 0 Å². The molecule has 0 aliphatic carbocycles. The Morgan fingerprint density at radius 2 is 2.38 bits per heavy atom. The van der Waals surface area contributed by atoms with Gasteiger partial charge in [-0.25, -0.2) is 0 Å². The Morgan fingerprint density at radius 3 is 2.62 bits per heavy atom. The minimum Gasteiger partial charge on any atom is -0.355 e. The van der Waals surface area contributed by atoms with Gasteiger partial charge in [-0.15, -0.1) is 0 Å². The molecule has 4 heteroatoms. The minimum atomic E-state index is 0. The third-order valence-electron chi connectivity index (χ3n) is 0.572. The van der Waals surface area contributed by atoms with Crippen molar-refractivity contribution in [2.75, 3.05) is 0 Å². The smallest absolute Gasteiger partial charge is 0.355 e. The summed E-state index contributed by atoms with van der Waals surface area (Å²) in [5, 5.41) is 0. The Kier molecular flexibility index (Phi) is 4.23. The van der Waals surface area contributed by atoms with Crippen molar-refractivity contribution in [1.29, 1.82) is 0 Å². The fraction of sp³-hybridized carbons (Fsp3) is 0.250. The maximum absolute atomic E-state index is 3.73. The number of hydrogen-bond acceptors (Lipinski definition) is 3. The van der Waals surface area contributed by atoms with Gasteiger partial charge in [0.15, 0.2) is 0 Å². The molecule has 0 radical (unpaired) electrons. The molecule has 36 valence electrons. The van der Waals surface area contributed by atoms with Crippen molar-refractivity contribution in [2.24, 2.45) is 0 Å². The molecule has 0 spiro atoms. The molecule has 0 atom stereocenters. The van der Waals surface area contributed by atoms with E-state index in [1.54, 1.807) is 6.92 Å². The van der Waals surface area contributed by atoms with Crippen LogP contribution in [0, 0.1) is 48.8 Å². The summed E-state index contributed by atoms with van der Waals surface area (Å²) in [5.41, 5.74) is 0. The molecule has 8 heavy (non-hydrogen) atoms. The number of rotatable bonds is 0. The minimum absolute atomic E-state index is 0. The van der Waals surface area contributed by atoms with Crippen molar-refractivity contribution in [2.45, 2.75) is 6.92 Å². The molecule has 0 saturated carbocycles. The predicted octanol–water partition coefficient (Wildman–Crippen LogP) is -0.0198. The van der Waals surface area contributed by atoms with Crippen LogP contribution in [0.25, 0.3) is 0 Å². The van der Waals surface area contributed by atoms with E-state index in [2.05, 4.69) is 21.3 Å². The van der Waals surface area contributed by atoms with Crippen molar-refractivity contribution < 1.29 is 35.6 Å². The van der Waals surface area contributed by atoms with Gasteiger partial charge in [0.1, 0.15) is 0 Å². The maximum atomic E-state index is 3.73. The van der Waals surface area contributed by atoms with Crippen LogP contribution in [0.5, 0.6) is 0 Å². The third kappa shape index (κ3) is 2.50. The first-order valence-electron chi connectivity index (χ1n) is 1.91. The fourth-order valence-corrected chi connectivity index (χ4v) is 0.268. The molecule has 1 heterocycles. The normalized spacial score (nSPS) is 7.62. The van der Waals surface area contributed by atoms with E-state index in [1.165, 1.54) is 6.33 Å². The molecular weight excluding hydrogens is 229 g/mol. The molecule has 0 aliphatic heterocycles. The molecule has 1 aromatic heterocycles. The zero-order valence-corrected chi connectivity index (χ0v) is 8.12. The number of hydrogen-bond donors (Lipinski definition) is 0. The summed E-state index contributed by atoms with van der Waals surface area (Å²) in [7, 11) is 0. The molecule has 0 N–H and O–H groups in total. The largest absolute Gasteiger partial charge is 3.00 e. The summed E-state index contributed by atoms with van der Waals surface area (Å²) >= 11 is 0. The molecule has 1 aromatic rings. The number of nitrogens with zero attached hydrogens (tertiary/aromatic N) is 3. The predicted molar refractivity (Wildman–Crippen MR) is 23.4 cm³/mol. The van der Waals surface area contributed by atoms with Crippen LogP contribution in [0.4, 0.5) is 0 Å². The van der Waals surface area contributed by atoms with Gasteiger partial charge >= 0.3 is 35.6 Å². The van der Waals surface area contributed by atoms with Crippen LogP contribution < -0.4 is 0 Å². The van der Waals surface area contributed by atoms with Gasteiger partial charge in [-0.1, -0.05) is 6.92 Å². The molecule has 0 bridgehead atoms. The maximum Gasteiger partial charge on any atom is 3.00 e. The van der Waals surface area contributed by atoms with E-state index in [1.807, 2.05) is 0 Å². The van der Waals surface area contributed by atoms with Gasteiger partial charge in [0.25, 0.3) is 0 Å². The molecule has 0 amide bonds. The summed E-state index contributed by atoms with van der Waals surface area (Å²) in [5.74, 6) is 0.704. The van der Waals surface area contributed by atoms with Gasteiger partial charge in [0.2, 0.25) is 0 Å². The topological polar surface area (TPSA) is 38.7 Å². The molecule has 0 fully saturated rings. The first-order chi connectivity index (χ1) is 3.39. The van der Waals surface area contributed by atoms with Crippen molar-refractivity contribution in [3.8, 4) is 0 Å². The molecule has 0 unspecified atom stereocenters. The third-order valence-corrected chi connectivity index (χ3v) is 0.572. The summed E-state index contributed by atoms with van der Waals surface area (Å²) in [6.45, 7) is 1.79. The monoisotopic (exact) mass is 233 g/mol. The van der Waals surface area contributed by atoms with Crippen molar-refractivity contribution in [1.82, 2.24) is 15.0 Å². The van der Waals surface area contributed by atoms with Crippen LogP contribution in [0.2, 0.25) is 0 Å². The quantitative estimate of drug-likeness (QED) is 0.591. The zero-order chi connectivity index (χ0) is 5.11. The summed E-state index contributed by atoms with van der Waals surface area (Å²) < 4.78 is 0. The van der Waals surface area contributed by atoms with E-state index in [0.717, 1.165) is 0 Å². The van der Waals surface area contributed by atoms with E-state index >= 15 is 0 Å². The van der Waals surface area contributed by atoms with Gasteiger partial charge in [0, 0.05) is 18.5 Å². The summed E-state index contributed by atoms with van der Waals surface area (Å²) in [6.07, 6.45) is 3.82. The molecule has 3 nitrogen and oxygen atoms in total. The Morgan fingerprint density at radius 1 is 1.62 bits per heavy atom. The van der Waals surface area contributed by atoms with Crippen molar-refractivity contribution in [3.05, 3.63) is 18.5 Å². The second-order valence-electron chi connectivity index (χ2n) is 1.13. The molecule has 1 rings (SSSR count). The Bertz CT molecular complexity index is 141. The van der Waals surface area contributed by atoms with Gasteiger partial charge in [-0.3, -0.25) is 0 Å². The van der Waals surface area contributed by atoms with E-state index in [0.29, 0.717) is 5.82 Å². The van der Waals surface area contributed by atoms with Crippen LogP contribution in [0.3, 0.4) is 0 Å². The van der Waals surface area contributed by atoms with Crippen LogP contribution in [-0.4, -0.2) is 15.0 Å². The van der Waals surface area contributed by atoms with Crippen LogP contribution in [-0.2, 0) is 0 Å². The van der Waals surface area contributed by atoms with E-state index in [4.69, 9.17) is 0 Å².